The molecule has 0 radical (unpaired) electrons. The number of nitrogens with two attached hydrogens (primary N) is 1. The van der Waals surface area contributed by atoms with E-state index in [0.29, 0.717) is 6.04 Å². The predicted octanol–water partition coefficient (Wildman–Crippen LogP) is 0.0190. The Morgan fingerprint density at radius 1 is 1.42 bits per heavy atom. The van der Waals surface area contributed by atoms with E-state index in [1.54, 1.807) is 0 Å². The molecule has 0 amide bonds. The molecule has 1 fully saturated rings. The van der Waals surface area contributed by atoms with Crippen molar-refractivity contribution in [3.05, 3.63) is 0 Å². The number of hydrogen-bond donors (Lipinski definition) is 2. The summed E-state index contributed by atoms with van der Waals surface area (Å²) in [6.07, 6.45) is 3.62. The molecule has 1 aliphatic rings. The van der Waals surface area contributed by atoms with Crippen molar-refractivity contribution < 1.29 is 0 Å². The van der Waals surface area contributed by atoms with Gasteiger partial charge < -0.3 is 16.0 Å². The van der Waals surface area contributed by atoms with Crippen molar-refractivity contribution in [2.75, 3.05) is 33.2 Å². The number of likely N-dealkylation sites (tertiary alicyclic amines) is 1. The van der Waals surface area contributed by atoms with E-state index >= 15 is 0 Å². The summed E-state index contributed by atoms with van der Waals surface area (Å²) in [5.74, 6) is 0. The first-order chi connectivity index (χ1) is 5.83. The Bertz CT molecular complexity index is 108. The fourth-order valence-corrected chi connectivity index (χ4v) is 1.66. The highest BCUT2D eigenvalue weighted by atomic mass is 15.1. The van der Waals surface area contributed by atoms with Crippen LogP contribution in [0, 0.1) is 0 Å². The van der Waals surface area contributed by atoms with Crippen LogP contribution in [0.25, 0.3) is 0 Å². The summed E-state index contributed by atoms with van der Waals surface area (Å²) in [5, 5.41) is 3.16. The van der Waals surface area contributed by atoms with Crippen LogP contribution >= 0.6 is 0 Å². The first-order valence-corrected chi connectivity index (χ1v) is 4.95. The van der Waals surface area contributed by atoms with Gasteiger partial charge in [0.1, 0.15) is 0 Å². The summed E-state index contributed by atoms with van der Waals surface area (Å²) in [6.45, 7) is 4.76. The molecular weight excluding hydrogens is 150 g/mol. The number of nitrogens with one attached hydrogen (secondary N) is 1. The lowest BCUT2D eigenvalue weighted by Crippen LogP contribution is -2.40. The van der Waals surface area contributed by atoms with Gasteiger partial charge in [-0.2, -0.15) is 0 Å². The first kappa shape index (κ1) is 9.96. The number of nitrogens with zero attached hydrogens (tertiary/aromatic N) is 1. The quantitative estimate of drug-likeness (QED) is 0.586. The van der Waals surface area contributed by atoms with E-state index in [-0.39, 0.29) is 0 Å². The third-order valence-electron chi connectivity index (χ3n) is 2.53. The second-order valence-electron chi connectivity index (χ2n) is 3.64. The van der Waals surface area contributed by atoms with Crippen molar-refractivity contribution in [1.29, 1.82) is 0 Å². The lowest BCUT2D eigenvalue weighted by atomic mass is 10.1. The molecule has 3 nitrogen and oxygen atoms in total. The minimum Gasteiger partial charge on any atom is -0.328 e. The molecule has 0 spiro atoms. The molecule has 0 aliphatic carbocycles. The summed E-state index contributed by atoms with van der Waals surface area (Å²) in [7, 11) is 2.01. The van der Waals surface area contributed by atoms with Gasteiger partial charge in [0.15, 0.2) is 0 Å². The Morgan fingerprint density at radius 3 is 2.67 bits per heavy atom. The van der Waals surface area contributed by atoms with Crippen LogP contribution in [0.5, 0.6) is 0 Å². The second-order valence-corrected chi connectivity index (χ2v) is 3.64. The van der Waals surface area contributed by atoms with Gasteiger partial charge in [0.2, 0.25) is 0 Å². The lowest BCUT2D eigenvalue weighted by Gasteiger charge is -2.29. The van der Waals surface area contributed by atoms with Gasteiger partial charge in [-0.3, -0.25) is 0 Å². The van der Waals surface area contributed by atoms with Crippen LogP contribution in [0.4, 0.5) is 0 Å². The zero-order chi connectivity index (χ0) is 8.81. The van der Waals surface area contributed by atoms with Gasteiger partial charge in [-0.05, 0) is 52.5 Å². The molecule has 0 aromatic carbocycles. The molecule has 1 rings (SSSR count). The van der Waals surface area contributed by atoms with Gasteiger partial charge in [0.05, 0.1) is 0 Å². The maximum absolute atomic E-state index is 5.81. The highest BCUT2D eigenvalue weighted by molar-refractivity contribution is 4.73. The zero-order valence-electron chi connectivity index (χ0n) is 8.05. The topological polar surface area (TPSA) is 41.3 Å². The van der Waals surface area contributed by atoms with Crippen molar-refractivity contribution in [2.24, 2.45) is 5.73 Å². The van der Waals surface area contributed by atoms with Crippen LogP contribution in [-0.4, -0.2) is 44.2 Å². The van der Waals surface area contributed by atoms with Crippen LogP contribution in [0.1, 0.15) is 19.3 Å². The normalized spacial score (nSPS) is 21.5. The maximum Gasteiger partial charge on any atom is 0.00631 e. The van der Waals surface area contributed by atoms with Crippen molar-refractivity contribution >= 4 is 0 Å². The van der Waals surface area contributed by atoms with Crippen molar-refractivity contribution in [3.63, 3.8) is 0 Å². The second kappa shape index (κ2) is 5.51. The van der Waals surface area contributed by atoms with Gasteiger partial charge in [0.25, 0.3) is 0 Å². The molecule has 0 unspecified atom stereocenters. The highest BCUT2D eigenvalue weighted by Gasteiger charge is 2.14. The summed E-state index contributed by atoms with van der Waals surface area (Å²) in [5.41, 5.74) is 5.81. The van der Waals surface area contributed by atoms with Gasteiger partial charge in [0, 0.05) is 6.04 Å². The Labute approximate surface area is 75.3 Å². The molecule has 3 N–H and O–H groups in total. The fraction of sp³-hybridized carbons (Fsp3) is 1.00. The molecule has 1 saturated heterocycles. The third kappa shape index (κ3) is 3.52. The van der Waals surface area contributed by atoms with E-state index < -0.39 is 0 Å². The van der Waals surface area contributed by atoms with Crippen molar-refractivity contribution in [3.8, 4) is 0 Å². The average Bonchev–Trinajstić information content (AvgIpc) is 2.09. The number of piperidine rings is 1. The van der Waals surface area contributed by atoms with Gasteiger partial charge in [-0.25, -0.2) is 0 Å². The SMILES string of the molecule is CNCCCN1CCC(N)CC1. The largest absolute Gasteiger partial charge is 0.328 e. The monoisotopic (exact) mass is 171 g/mol. The minimum absolute atomic E-state index is 0.463. The van der Waals surface area contributed by atoms with Gasteiger partial charge in [-0.15, -0.1) is 0 Å². The smallest absolute Gasteiger partial charge is 0.00631 e. The van der Waals surface area contributed by atoms with Gasteiger partial charge in [-0.1, -0.05) is 0 Å². The average molecular weight is 171 g/mol. The van der Waals surface area contributed by atoms with Crippen molar-refractivity contribution in [1.82, 2.24) is 10.2 Å². The third-order valence-corrected chi connectivity index (χ3v) is 2.53. The molecule has 0 saturated carbocycles. The Morgan fingerprint density at radius 2 is 2.08 bits per heavy atom. The van der Waals surface area contributed by atoms with Crippen LogP contribution in [0.2, 0.25) is 0 Å². The first-order valence-electron chi connectivity index (χ1n) is 4.95. The van der Waals surface area contributed by atoms with E-state index in [1.165, 1.54) is 38.9 Å². The molecule has 0 atom stereocenters. The van der Waals surface area contributed by atoms with E-state index in [9.17, 15) is 0 Å². The zero-order valence-corrected chi connectivity index (χ0v) is 8.05. The Balaban J connectivity index is 2.01. The maximum atomic E-state index is 5.81. The Hall–Kier alpha value is -0.120. The molecule has 0 aromatic heterocycles. The van der Waals surface area contributed by atoms with Crippen molar-refractivity contribution in [2.45, 2.75) is 25.3 Å². The molecule has 72 valence electrons. The summed E-state index contributed by atoms with van der Waals surface area (Å²) < 4.78 is 0. The van der Waals surface area contributed by atoms with E-state index in [0.717, 1.165) is 6.54 Å². The lowest BCUT2D eigenvalue weighted by molar-refractivity contribution is 0.211. The summed E-state index contributed by atoms with van der Waals surface area (Å²) in [4.78, 5) is 2.51. The van der Waals surface area contributed by atoms with E-state index in [2.05, 4.69) is 10.2 Å². The van der Waals surface area contributed by atoms with E-state index in [4.69, 9.17) is 5.73 Å². The fourth-order valence-electron chi connectivity index (χ4n) is 1.66. The molecule has 0 bridgehead atoms. The molecular formula is C9H21N3. The molecule has 0 aromatic rings. The molecule has 1 heterocycles. The van der Waals surface area contributed by atoms with Gasteiger partial charge >= 0.3 is 0 Å². The standard InChI is InChI=1S/C9H21N3/c1-11-5-2-6-12-7-3-9(10)4-8-12/h9,11H,2-8,10H2,1H3. The number of hydrogen-bond acceptors (Lipinski definition) is 3. The predicted molar refractivity (Wildman–Crippen MR) is 52.2 cm³/mol. The highest BCUT2D eigenvalue weighted by Crippen LogP contribution is 2.07. The molecule has 3 heteroatoms. The summed E-state index contributed by atoms with van der Waals surface area (Å²) >= 11 is 0. The van der Waals surface area contributed by atoms with Crippen LogP contribution < -0.4 is 11.1 Å². The van der Waals surface area contributed by atoms with Crippen LogP contribution in [0.15, 0.2) is 0 Å². The number of rotatable bonds is 4. The molecule has 1 aliphatic heterocycles. The van der Waals surface area contributed by atoms with Crippen LogP contribution in [0.3, 0.4) is 0 Å². The molecule has 12 heavy (non-hydrogen) atoms. The summed E-state index contributed by atoms with van der Waals surface area (Å²) in [6, 6.07) is 0.463. The van der Waals surface area contributed by atoms with Crippen LogP contribution in [-0.2, 0) is 0 Å². The minimum atomic E-state index is 0.463. The Kier molecular flexibility index (Phi) is 4.58. The van der Waals surface area contributed by atoms with E-state index in [1.807, 2.05) is 7.05 Å².